The van der Waals surface area contributed by atoms with Crippen LogP contribution in [0.1, 0.15) is 17.2 Å². The highest BCUT2D eigenvalue weighted by atomic mass is 15.1. The van der Waals surface area contributed by atoms with Gasteiger partial charge in [0, 0.05) is 32.7 Å². The number of hydrogen-bond acceptors (Lipinski definition) is 0. The van der Waals surface area contributed by atoms with Crippen molar-refractivity contribution >= 4 is 43.6 Å². The van der Waals surface area contributed by atoms with Crippen LogP contribution in [-0.4, -0.2) is 9.13 Å². The minimum atomic E-state index is 0.0530. The highest BCUT2D eigenvalue weighted by Gasteiger charge is 2.36. The Labute approximate surface area is 260 Å². The first-order valence-corrected chi connectivity index (χ1v) is 15.6. The van der Waals surface area contributed by atoms with Gasteiger partial charge in [-0.15, -0.1) is 0 Å². The van der Waals surface area contributed by atoms with Crippen LogP contribution in [-0.2, 0) is 0 Å². The third-order valence-corrected chi connectivity index (χ3v) is 9.63. The predicted molar refractivity (Wildman–Crippen MR) is 184 cm³/mol. The van der Waals surface area contributed by atoms with Crippen molar-refractivity contribution < 1.29 is 4.57 Å². The Kier molecular flexibility index (Phi) is 5.06. The minimum Gasteiger partial charge on any atom is -0.304 e. The van der Waals surface area contributed by atoms with Gasteiger partial charge in [0.15, 0.2) is 12.4 Å². The number of nitrogens with zero attached hydrogens (tertiary/aromatic N) is 3. The lowest BCUT2D eigenvalue weighted by molar-refractivity contribution is -0.703. The van der Waals surface area contributed by atoms with Crippen molar-refractivity contribution in [1.82, 2.24) is 9.13 Å². The average Bonchev–Trinajstić information content (AvgIpc) is 3.74. The molecule has 0 atom stereocenters. The molecule has 1 aliphatic carbocycles. The molecule has 0 amide bonds. The summed E-state index contributed by atoms with van der Waals surface area (Å²) >= 11 is 0. The van der Waals surface area contributed by atoms with Gasteiger partial charge in [-0.3, -0.25) is 0 Å². The molecule has 6 aromatic carbocycles. The molecule has 9 aromatic rings. The second-order valence-electron chi connectivity index (χ2n) is 12.0. The summed E-state index contributed by atoms with van der Waals surface area (Å²) in [5, 5.41) is 5.05. The van der Waals surface area contributed by atoms with Crippen LogP contribution in [0, 0.1) is 0 Å². The Hall–Kier alpha value is -5.93. The van der Waals surface area contributed by atoms with Crippen LogP contribution in [0.2, 0.25) is 0 Å². The van der Waals surface area contributed by atoms with Crippen LogP contribution >= 0.6 is 0 Å². The van der Waals surface area contributed by atoms with Crippen LogP contribution in [0.25, 0.3) is 66.1 Å². The lowest BCUT2D eigenvalue weighted by Gasteiger charge is -2.15. The molecule has 10 rings (SSSR count). The van der Waals surface area contributed by atoms with Crippen LogP contribution in [0.15, 0.2) is 164 Å². The van der Waals surface area contributed by atoms with Gasteiger partial charge in [0.25, 0.3) is 0 Å². The molecule has 45 heavy (non-hydrogen) atoms. The summed E-state index contributed by atoms with van der Waals surface area (Å²) in [6.07, 6.45) is 4.69. The van der Waals surface area contributed by atoms with Gasteiger partial charge in [-0.1, -0.05) is 121 Å². The van der Waals surface area contributed by atoms with E-state index in [4.69, 9.17) is 0 Å². The Balaban J connectivity index is 1.34. The second-order valence-corrected chi connectivity index (χ2v) is 12.0. The van der Waals surface area contributed by atoms with Crippen LogP contribution < -0.4 is 4.57 Å². The summed E-state index contributed by atoms with van der Waals surface area (Å²) in [7, 11) is 0. The molecule has 3 nitrogen and oxygen atoms in total. The molecule has 3 heteroatoms. The monoisotopic (exact) mass is 574 g/mol. The van der Waals surface area contributed by atoms with E-state index in [0.29, 0.717) is 0 Å². The van der Waals surface area contributed by atoms with E-state index >= 15 is 0 Å². The zero-order valence-electron chi connectivity index (χ0n) is 24.5. The number of rotatable bonds is 3. The number of para-hydroxylation sites is 4. The van der Waals surface area contributed by atoms with E-state index in [1.54, 1.807) is 0 Å². The summed E-state index contributed by atoms with van der Waals surface area (Å²) in [4.78, 5) is 0. The van der Waals surface area contributed by atoms with Crippen LogP contribution in [0.4, 0.5) is 0 Å². The first-order chi connectivity index (χ1) is 22.3. The molecule has 3 aromatic heterocycles. The second kappa shape index (κ2) is 9.28. The molecular formula is C42H28N3+. The quantitative estimate of drug-likeness (QED) is 0.187. The Morgan fingerprint density at radius 2 is 0.711 bits per heavy atom. The van der Waals surface area contributed by atoms with E-state index in [1.165, 1.54) is 65.9 Å². The standard InChI is InChI=1S/C42H28N3/c1-3-19-36-30(13-1)31-14-2-4-20-37(31)42(36)43-26-28(44-38-21-9-5-15-32(38)33-16-6-10-22-39(33)44)25-29(27-43)45-40-23-11-7-17-34(40)35-18-8-12-24-41(35)45/h1-27,42H/q+1. The van der Waals surface area contributed by atoms with Gasteiger partial charge < -0.3 is 9.13 Å². The molecule has 210 valence electrons. The van der Waals surface area contributed by atoms with Crippen molar-refractivity contribution in [1.29, 1.82) is 0 Å². The molecule has 0 spiro atoms. The topological polar surface area (TPSA) is 13.7 Å². The molecule has 0 N–H and O–H groups in total. The predicted octanol–water partition coefficient (Wildman–Crippen LogP) is 9.79. The molecule has 0 saturated heterocycles. The maximum atomic E-state index is 2.45. The van der Waals surface area contributed by atoms with E-state index in [1.807, 2.05) is 0 Å². The highest BCUT2D eigenvalue weighted by Crippen LogP contribution is 2.43. The molecular weight excluding hydrogens is 546 g/mol. The number of benzene rings is 6. The molecule has 0 bridgehead atoms. The fourth-order valence-electron chi connectivity index (χ4n) is 7.81. The number of fused-ring (bicyclic) bond motifs is 9. The summed E-state index contributed by atoms with van der Waals surface area (Å²) < 4.78 is 7.32. The first kappa shape index (κ1) is 24.5. The van der Waals surface area contributed by atoms with E-state index in [9.17, 15) is 0 Å². The molecule has 1 aliphatic rings. The summed E-state index contributed by atoms with van der Waals surface area (Å²) in [6.45, 7) is 0. The fourth-order valence-corrected chi connectivity index (χ4v) is 7.81. The smallest absolute Gasteiger partial charge is 0.210 e. The van der Waals surface area contributed by atoms with Crippen molar-refractivity contribution in [2.24, 2.45) is 0 Å². The molecule has 3 heterocycles. The van der Waals surface area contributed by atoms with Crippen molar-refractivity contribution in [2.45, 2.75) is 6.04 Å². The van der Waals surface area contributed by atoms with E-state index in [-0.39, 0.29) is 6.04 Å². The first-order valence-electron chi connectivity index (χ1n) is 15.6. The SMILES string of the molecule is c1ccc2c(c1)-c1ccccc1C2[n+]1cc(-n2c3ccccc3c3ccccc32)cc(-n2c3ccccc3c3ccccc32)c1. The maximum Gasteiger partial charge on any atom is 0.210 e. The van der Waals surface area contributed by atoms with Crippen molar-refractivity contribution in [3.63, 3.8) is 0 Å². The maximum absolute atomic E-state index is 2.45. The van der Waals surface area contributed by atoms with Crippen molar-refractivity contribution in [3.8, 4) is 22.5 Å². The van der Waals surface area contributed by atoms with E-state index < -0.39 is 0 Å². The number of aromatic nitrogens is 3. The zero-order chi connectivity index (χ0) is 29.5. The minimum absolute atomic E-state index is 0.0530. The van der Waals surface area contributed by atoms with Gasteiger partial charge in [-0.05, 0) is 41.5 Å². The Morgan fingerprint density at radius 1 is 0.378 bits per heavy atom. The van der Waals surface area contributed by atoms with Gasteiger partial charge in [-0.2, -0.15) is 4.57 Å². The average molecular weight is 575 g/mol. The van der Waals surface area contributed by atoms with Gasteiger partial charge in [0.05, 0.1) is 22.1 Å². The highest BCUT2D eigenvalue weighted by molar-refractivity contribution is 6.10. The van der Waals surface area contributed by atoms with Gasteiger partial charge in [-0.25, -0.2) is 0 Å². The van der Waals surface area contributed by atoms with E-state index in [2.05, 4.69) is 178 Å². The van der Waals surface area contributed by atoms with Gasteiger partial charge >= 0.3 is 0 Å². The molecule has 0 unspecified atom stereocenters. The Bertz CT molecular complexity index is 2330. The number of hydrogen-bond donors (Lipinski definition) is 0. The molecule has 0 fully saturated rings. The number of pyridine rings is 1. The summed E-state index contributed by atoms with van der Waals surface area (Å²) in [6, 6.07) is 55.2. The van der Waals surface area contributed by atoms with Crippen molar-refractivity contribution in [2.75, 3.05) is 0 Å². The van der Waals surface area contributed by atoms with Gasteiger partial charge in [0.1, 0.15) is 11.4 Å². The zero-order valence-corrected chi connectivity index (χ0v) is 24.5. The summed E-state index contributed by atoms with van der Waals surface area (Å²) in [5.41, 5.74) is 12.4. The van der Waals surface area contributed by atoms with Crippen LogP contribution in [0.3, 0.4) is 0 Å². The summed E-state index contributed by atoms with van der Waals surface area (Å²) in [5.74, 6) is 0. The lowest BCUT2D eigenvalue weighted by Crippen LogP contribution is -2.40. The normalized spacial score (nSPS) is 12.8. The Morgan fingerprint density at radius 3 is 1.11 bits per heavy atom. The van der Waals surface area contributed by atoms with E-state index in [0.717, 1.165) is 11.4 Å². The van der Waals surface area contributed by atoms with Crippen molar-refractivity contribution in [3.05, 3.63) is 175 Å². The largest absolute Gasteiger partial charge is 0.304 e. The third-order valence-electron chi connectivity index (χ3n) is 9.63. The lowest BCUT2D eigenvalue weighted by atomic mass is 10.0. The fraction of sp³-hybridized carbons (Fsp3) is 0.0238. The molecule has 0 radical (unpaired) electrons. The third kappa shape index (κ3) is 3.44. The molecule has 0 saturated carbocycles. The molecule has 0 aliphatic heterocycles. The van der Waals surface area contributed by atoms with Gasteiger partial charge in [0.2, 0.25) is 6.04 Å². The van der Waals surface area contributed by atoms with Crippen LogP contribution in [0.5, 0.6) is 0 Å².